The number of hydrogen-bond acceptors (Lipinski definition) is 2. The van der Waals surface area contributed by atoms with Gasteiger partial charge >= 0.3 is 0 Å². The van der Waals surface area contributed by atoms with Crippen molar-refractivity contribution in [2.75, 3.05) is 6.54 Å². The van der Waals surface area contributed by atoms with E-state index in [4.69, 9.17) is 0 Å². The van der Waals surface area contributed by atoms with E-state index in [1.807, 2.05) is 0 Å². The van der Waals surface area contributed by atoms with E-state index >= 15 is 0 Å². The highest BCUT2D eigenvalue weighted by atomic mass is 15.3. The Hall–Kier alpha value is -1.44. The van der Waals surface area contributed by atoms with Gasteiger partial charge < -0.3 is 10.2 Å². The van der Waals surface area contributed by atoms with Crippen molar-refractivity contribution in [1.82, 2.24) is 10.2 Å². The Kier molecular flexibility index (Phi) is 4.06. The van der Waals surface area contributed by atoms with Gasteiger partial charge in [-0.25, -0.2) is 0 Å². The van der Waals surface area contributed by atoms with Gasteiger partial charge in [-0.05, 0) is 85.7 Å². The van der Waals surface area contributed by atoms with Crippen LogP contribution >= 0.6 is 0 Å². The van der Waals surface area contributed by atoms with E-state index < -0.39 is 0 Å². The second kappa shape index (κ2) is 6.32. The predicted molar refractivity (Wildman–Crippen MR) is 108 cm³/mol. The predicted octanol–water partition coefficient (Wildman–Crippen LogP) is 5.50. The maximum Gasteiger partial charge on any atom is 0.0985 e. The molecule has 1 aromatic rings. The summed E-state index contributed by atoms with van der Waals surface area (Å²) < 4.78 is 0. The first-order valence-electron chi connectivity index (χ1n) is 11.0. The van der Waals surface area contributed by atoms with Gasteiger partial charge in [0, 0.05) is 12.7 Å². The first-order chi connectivity index (χ1) is 12.6. The summed E-state index contributed by atoms with van der Waals surface area (Å²) in [5, 5.41) is 3.75. The Morgan fingerprint density at radius 3 is 2.38 bits per heavy atom. The van der Waals surface area contributed by atoms with Gasteiger partial charge in [0.1, 0.15) is 0 Å². The van der Waals surface area contributed by atoms with E-state index in [1.165, 1.54) is 69.2 Å². The highest BCUT2D eigenvalue weighted by Gasteiger charge is 2.45. The second-order valence-electron chi connectivity index (χ2n) is 9.95. The Morgan fingerprint density at radius 1 is 0.962 bits per heavy atom. The Labute approximate surface area is 159 Å². The Balaban J connectivity index is 1.39. The third kappa shape index (κ3) is 2.86. The number of piperidine rings is 1. The molecule has 2 saturated carbocycles. The summed E-state index contributed by atoms with van der Waals surface area (Å²) in [5.74, 6) is 2.73. The highest BCUT2D eigenvalue weighted by Crippen LogP contribution is 2.54. The average Bonchev–Trinajstić information content (AvgIpc) is 3.05. The first kappa shape index (κ1) is 16.7. The zero-order valence-electron chi connectivity index (χ0n) is 16.5. The molecule has 140 valence electrons. The molecular weight excluding hydrogens is 316 g/mol. The molecule has 2 heterocycles. The van der Waals surface area contributed by atoms with Crippen molar-refractivity contribution in [2.24, 2.45) is 17.8 Å². The van der Waals surface area contributed by atoms with Gasteiger partial charge in [0.05, 0.1) is 11.9 Å². The van der Waals surface area contributed by atoms with Crippen molar-refractivity contribution < 1.29 is 0 Å². The highest BCUT2D eigenvalue weighted by molar-refractivity contribution is 5.66. The number of hydrogen-bond donors (Lipinski definition) is 1. The average molecular weight is 351 g/mol. The van der Waals surface area contributed by atoms with Crippen LogP contribution in [0.3, 0.4) is 0 Å². The lowest BCUT2D eigenvalue weighted by atomic mass is 9.54. The maximum atomic E-state index is 3.75. The van der Waals surface area contributed by atoms with E-state index in [2.05, 4.69) is 54.5 Å². The van der Waals surface area contributed by atoms with Gasteiger partial charge in [-0.3, -0.25) is 0 Å². The van der Waals surface area contributed by atoms with Crippen LogP contribution in [-0.2, 0) is 5.41 Å². The normalized spacial score (nSPS) is 39.2. The number of nitrogens with zero attached hydrogens (tertiary/aromatic N) is 1. The molecule has 1 saturated heterocycles. The molecule has 2 aliphatic carbocycles. The lowest BCUT2D eigenvalue weighted by Crippen LogP contribution is -2.42. The molecule has 0 amide bonds. The Morgan fingerprint density at radius 2 is 1.69 bits per heavy atom. The van der Waals surface area contributed by atoms with Crippen LogP contribution in [0.4, 0.5) is 0 Å². The zero-order valence-corrected chi connectivity index (χ0v) is 16.5. The van der Waals surface area contributed by atoms with Gasteiger partial charge in [-0.2, -0.15) is 0 Å². The quantitative estimate of drug-likeness (QED) is 0.757. The van der Waals surface area contributed by atoms with E-state index in [0.717, 1.165) is 17.8 Å². The summed E-state index contributed by atoms with van der Waals surface area (Å²) in [6, 6.07) is 9.69. The molecule has 2 nitrogen and oxygen atoms in total. The monoisotopic (exact) mass is 350 g/mol. The molecule has 0 aromatic heterocycles. The van der Waals surface area contributed by atoms with Crippen LogP contribution in [0.2, 0.25) is 0 Å². The second-order valence-corrected chi connectivity index (χ2v) is 9.95. The fraction of sp³-hybridized carbons (Fsp3) is 0.667. The SMILES string of the molecule is CC1CC2CC(C)CC(c3ccc(C4=CN5CCCCC5N4)cc3)(C1)C2. The van der Waals surface area contributed by atoms with Crippen LogP contribution in [0.1, 0.15) is 76.3 Å². The summed E-state index contributed by atoms with van der Waals surface area (Å²) >= 11 is 0. The van der Waals surface area contributed by atoms with Crippen molar-refractivity contribution in [3.05, 3.63) is 41.6 Å². The van der Waals surface area contributed by atoms with Crippen LogP contribution in [0.25, 0.3) is 5.70 Å². The van der Waals surface area contributed by atoms with Gasteiger partial charge in [0.15, 0.2) is 0 Å². The molecule has 0 spiro atoms. The third-order valence-corrected chi connectivity index (χ3v) is 7.60. The minimum Gasteiger partial charge on any atom is -0.364 e. The number of benzene rings is 1. The fourth-order valence-electron chi connectivity index (χ4n) is 6.86. The number of rotatable bonds is 2. The van der Waals surface area contributed by atoms with Crippen molar-refractivity contribution in [2.45, 2.75) is 76.8 Å². The van der Waals surface area contributed by atoms with Crippen molar-refractivity contribution in [1.29, 1.82) is 0 Å². The standard InChI is InChI=1S/C24H34N2/c1-17-11-19-12-18(2)14-24(13-17,15-19)21-8-6-20(7-9-21)22-16-26-10-4-3-5-23(26)25-22/h6-9,16-19,23,25H,3-5,10-15H2,1-2H3. The van der Waals surface area contributed by atoms with Gasteiger partial charge in [-0.1, -0.05) is 38.1 Å². The fourth-order valence-corrected chi connectivity index (χ4v) is 6.86. The van der Waals surface area contributed by atoms with Crippen LogP contribution in [0.5, 0.6) is 0 Å². The molecule has 3 atom stereocenters. The van der Waals surface area contributed by atoms with Crippen LogP contribution < -0.4 is 5.32 Å². The molecule has 3 fully saturated rings. The summed E-state index contributed by atoms with van der Waals surface area (Å²) in [5.41, 5.74) is 4.75. The zero-order chi connectivity index (χ0) is 17.7. The topological polar surface area (TPSA) is 15.3 Å². The minimum absolute atomic E-state index is 0.452. The molecule has 3 unspecified atom stereocenters. The molecule has 1 N–H and O–H groups in total. The molecule has 0 radical (unpaired) electrons. The van der Waals surface area contributed by atoms with Gasteiger partial charge in [0.25, 0.3) is 0 Å². The molecule has 1 aromatic carbocycles. The molecule has 26 heavy (non-hydrogen) atoms. The molecule has 2 bridgehead atoms. The molecule has 2 aliphatic heterocycles. The van der Waals surface area contributed by atoms with E-state index in [0.29, 0.717) is 11.6 Å². The minimum atomic E-state index is 0.452. The smallest absolute Gasteiger partial charge is 0.0985 e. The molecular formula is C24H34N2. The summed E-state index contributed by atoms with van der Waals surface area (Å²) in [4.78, 5) is 2.50. The number of fused-ring (bicyclic) bond motifs is 3. The van der Waals surface area contributed by atoms with Crippen LogP contribution in [0.15, 0.2) is 30.5 Å². The molecule has 5 rings (SSSR count). The van der Waals surface area contributed by atoms with Crippen LogP contribution in [0, 0.1) is 17.8 Å². The van der Waals surface area contributed by atoms with Crippen molar-refractivity contribution in [3.63, 3.8) is 0 Å². The van der Waals surface area contributed by atoms with Gasteiger partial charge in [-0.15, -0.1) is 0 Å². The van der Waals surface area contributed by atoms with E-state index in [-0.39, 0.29) is 0 Å². The summed E-state index contributed by atoms with van der Waals surface area (Å²) in [6.07, 6.45) is 14.0. The summed E-state index contributed by atoms with van der Waals surface area (Å²) in [7, 11) is 0. The molecule has 2 heteroatoms. The Bertz CT molecular complexity index is 669. The number of nitrogens with one attached hydrogen (secondary N) is 1. The van der Waals surface area contributed by atoms with Crippen molar-refractivity contribution >= 4 is 5.70 Å². The van der Waals surface area contributed by atoms with E-state index in [1.54, 1.807) is 5.56 Å². The van der Waals surface area contributed by atoms with E-state index in [9.17, 15) is 0 Å². The largest absolute Gasteiger partial charge is 0.364 e. The lowest BCUT2D eigenvalue weighted by Gasteiger charge is -2.50. The van der Waals surface area contributed by atoms with Crippen molar-refractivity contribution in [3.8, 4) is 0 Å². The lowest BCUT2D eigenvalue weighted by molar-refractivity contribution is 0.0780. The first-order valence-corrected chi connectivity index (χ1v) is 11.0. The van der Waals surface area contributed by atoms with Gasteiger partial charge in [0.2, 0.25) is 0 Å². The van der Waals surface area contributed by atoms with Crippen LogP contribution in [-0.4, -0.2) is 17.6 Å². The maximum absolute atomic E-state index is 3.75. The molecule has 4 aliphatic rings. The summed E-state index contributed by atoms with van der Waals surface area (Å²) in [6.45, 7) is 6.17. The third-order valence-electron chi connectivity index (χ3n) is 7.60.